The van der Waals surface area contributed by atoms with Gasteiger partial charge < -0.3 is 14.8 Å². The number of carbonyl (C=O) groups is 2. The lowest BCUT2D eigenvalue weighted by Gasteiger charge is -2.08. The number of ether oxygens (including phenoxy) is 2. The molecule has 8 nitrogen and oxygen atoms in total. The molecule has 0 aliphatic carbocycles. The maximum atomic E-state index is 12.2. The number of nitro benzene ring substituents is 1. The third-order valence-electron chi connectivity index (χ3n) is 3.30. The summed E-state index contributed by atoms with van der Waals surface area (Å²) in [5.41, 5.74) is -0.313. The highest BCUT2D eigenvalue weighted by Crippen LogP contribution is 2.18. The molecule has 138 valence electrons. The molecular weight excluding hydrogens is 328 g/mol. The van der Waals surface area contributed by atoms with Crippen molar-refractivity contribution in [1.29, 1.82) is 0 Å². The van der Waals surface area contributed by atoms with E-state index in [1.807, 2.05) is 0 Å². The Bertz CT molecular complexity index is 603. The van der Waals surface area contributed by atoms with Crippen LogP contribution in [0, 0.1) is 10.1 Å². The maximum Gasteiger partial charge on any atom is 0.338 e. The standard InChI is InChI=1S/C17H24N2O6/c1-3-5-8-24-9-6-7-18-16(20)13-10-14(17(21)25-4-2)12-15(11-13)19(22)23/h10-12H,3-9H2,1-2H3,(H,18,20). The zero-order valence-electron chi connectivity index (χ0n) is 14.6. The Balaban J connectivity index is 2.67. The van der Waals surface area contributed by atoms with Gasteiger partial charge in [-0.05, 0) is 25.8 Å². The molecule has 1 aromatic carbocycles. The third kappa shape index (κ3) is 7.30. The second-order valence-corrected chi connectivity index (χ2v) is 5.32. The van der Waals surface area contributed by atoms with E-state index < -0.39 is 16.8 Å². The van der Waals surface area contributed by atoms with Crippen LogP contribution in [0.25, 0.3) is 0 Å². The number of unbranched alkanes of at least 4 members (excludes halogenated alkanes) is 1. The fourth-order valence-corrected chi connectivity index (χ4v) is 2.01. The Labute approximate surface area is 146 Å². The molecule has 25 heavy (non-hydrogen) atoms. The monoisotopic (exact) mass is 352 g/mol. The van der Waals surface area contributed by atoms with Crippen molar-refractivity contribution in [2.45, 2.75) is 33.1 Å². The van der Waals surface area contributed by atoms with Crippen LogP contribution in [0.15, 0.2) is 18.2 Å². The molecule has 0 unspecified atom stereocenters. The van der Waals surface area contributed by atoms with E-state index in [4.69, 9.17) is 9.47 Å². The summed E-state index contributed by atoms with van der Waals surface area (Å²) in [6, 6.07) is 3.52. The van der Waals surface area contributed by atoms with Gasteiger partial charge in [-0.15, -0.1) is 0 Å². The van der Waals surface area contributed by atoms with Gasteiger partial charge in [-0.1, -0.05) is 13.3 Å². The molecule has 0 atom stereocenters. The van der Waals surface area contributed by atoms with E-state index in [2.05, 4.69) is 12.2 Å². The molecule has 0 fully saturated rings. The van der Waals surface area contributed by atoms with E-state index in [1.165, 1.54) is 6.07 Å². The Kier molecular flexibility index (Phi) is 9.16. The van der Waals surface area contributed by atoms with Crippen molar-refractivity contribution in [3.05, 3.63) is 39.4 Å². The van der Waals surface area contributed by atoms with Crippen molar-refractivity contribution >= 4 is 17.6 Å². The quantitative estimate of drug-likeness (QED) is 0.284. The van der Waals surface area contributed by atoms with Crippen LogP contribution in [0.5, 0.6) is 0 Å². The normalized spacial score (nSPS) is 10.3. The summed E-state index contributed by atoms with van der Waals surface area (Å²) in [6.07, 6.45) is 2.69. The van der Waals surface area contributed by atoms with E-state index in [-0.39, 0.29) is 23.4 Å². The number of carbonyl (C=O) groups excluding carboxylic acids is 2. The summed E-state index contributed by atoms with van der Waals surface area (Å²) < 4.78 is 10.2. The number of amides is 1. The first-order valence-electron chi connectivity index (χ1n) is 8.32. The third-order valence-corrected chi connectivity index (χ3v) is 3.30. The molecule has 0 aromatic heterocycles. The van der Waals surface area contributed by atoms with Gasteiger partial charge in [0.25, 0.3) is 11.6 Å². The molecule has 0 saturated carbocycles. The van der Waals surface area contributed by atoms with Crippen molar-refractivity contribution < 1.29 is 24.0 Å². The first-order chi connectivity index (χ1) is 12.0. The zero-order valence-corrected chi connectivity index (χ0v) is 14.6. The number of nitrogens with zero attached hydrogens (tertiary/aromatic N) is 1. The zero-order chi connectivity index (χ0) is 18.7. The van der Waals surface area contributed by atoms with Crippen molar-refractivity contribution in [1.82, 2.24) is 5.32 Å². The SMILES string of the molecule is CCCCOCCCNC(=O)c1cc(C(=O)OCC)cc([N+](=O)[O-])c1. The molecular formula is C17H24N2O6. The van der Waals surface area contributed by atoms with Gasteiger partial charge in [-0.2, -0.15) is 0 Å². The number of nitro groups is 1. The van der Waals surface area contributed by atoms with E-state index in [0.29, 0.717) is 26.2 Å². The highest BCUT2D eigenvalue weighted by Gasteiger charge is 2.18. The van der Waals surface area contributed by atoms with Crippen LogP contribution in [-0.2, 0) is 9.47 Å². The number of rotatable bonds is 11. The Morgan fingerprint density at radius 1 is 1.12 bits per heavy atom. The van der Waals surface area contributed by atoms with Gasteiger partial charge in [0.2, 0.25) is 0 Å². The molecule has 0 radical (unpaired) electrons. The highest BCUT2D eigenvalue weighted by atomic mass is 16.6. The van der Waals surface area contributed by atoms with Crippen LogP contribution >= 0.6 is 0 Å². The Hall–Kier alpha value is -2.48. The molecule has 1 amide bonds. The van der Waals surface area contributed by atoms with Crippen molar-refractivity contribution in [2.24, 2.45) is 0 Å². The molecule has 0 aliphatic heterocycles. The smallest absolute Gasteiger partial charge is 0.338 e. The lowest BCUT2D eigenvalue weighted by atomic mass is 10.1. The van der Waals surface area contributed by atoms with Gasteiger partial charge in [0.1, 0.15) is 0 Å². The van der Waals surface area contributed by atoms with Crippen LogP contribution in [0.2, 0.25) is 0 Å². The first-order valence-corrected chi connectivity index (χ1v) is 8.32. The second kappa shape index (κ2) is 11.1. The molecule has 0 spiro atoms. The molecule has 1 N–H and O–H groups in total. The van der Waals surface area contributed by atoms with Crippen LogP contribution in [0.3, 0.4) is 0 Å². The summed E-state index contributed by atoms with van der Waals surface area (Å²) in [5, 5.41) is 13.7. The number of nitrogens with one attached hydrogen (secondary N) is 1. The van der Waals surface area contributed by atoms with Crippen molar-refractivity contribution in [3.8, 4) is 0 Å². The predicted octanol–water partition coefficient (Wildman–Crippen LogP) is 2.71. The van der Waals surface area contributed by atoms with Crippen molar-refractivity contribution in [2.75, 3.05) is 26.4 Å². The van der Waals surface area contributed by atoms with Crippen LogP contribution < -0.4 is 5.32 Å². The topological polar surface area (TPSA) is 108 Å². The second-order valence-electron chi connectivity index (χ2n) is 5.32. The minimum absolute atomic E-state index is 0.0240. The number of esters is 1. The average molecular weight is 352 g/mol. The van der Waals surface area contributed by atoms with E-state index in [9.17, 15) is 19.7 Å². The van der Waals surface area contributed by atoms with E-state index >= 15 is 0 Å². The first kappa shape index (κ1) is 20.6. The lowest BCUT2D eigenvalue weighted by molar-refractivity contribution is -0.384. The Morgan fingerprint density at radius 3 is 2.44 bits per heavy atom. The summed E-state index contributed by atoms with van der Waals surface area (Å²) in [4.78, 5) is 34.3. The largest absolute Gasteiger partial charge is 0.462 e. The van der Waals surface area contributed by atoms with E-state index in [0.717, 1.165) is 25.0 Å². The highest BCUT2D eigenvalue weighted by molar-refractivity contribution is 5.98. The van der Waals surface area contributed by atoms with Crippen LogP contribution in [-0.4, -0.2) is 43.2 Å². The molecule has 1 rings (SSSR count). The van der Waals surface area contributed by atoms with Gasteiger partial charge >= 0.3 is 5.97 Å². The summed E-state index contributed by atoms with van der Waals surface area (Å²) >= 11 is 0. The predicted molar refractivity (Wildman–Crippen MR) is 91.7 cm³/mol. The van der Waals surface area contributed by atoms with Gasteiger partial charge in [0.15, 0.2) is 0 Å². The Morgan fingerprint density at radius 2 is 1.80 bits per heavy atom. The van der Waals surface area contributed by atoms with Gasteiger partial charge in [0.05, 0.1) is 17.1 Å². The minimum atomic E-state index is -0.704. The number of benzene rings is 1. The van der Waals surface area contributed by atoms with Gasteiger partial charge in [-0.25, -0.2) is 4.79 Å². The molecule has 0 heterocycles. The minimum Gasteiger partial charge on any atom is -0.462 e. The average Bonchev–Trinajstić information content (AvgIpc) is 2.60. The fraction of sp³-hybridized carbons (Fsp3) is 0.529. The molecule has 0 aliphatic rings. The summed E-state index contributed by atoms with van der Waals surface area (Å²) in [5.74, 6) is -1.19. The van der Waals surface area contributed by atoms with E-state index in [1.54, 1.807) is 6.92 Å². The maximum absolute atomic E-state index is 12.2. The molecule has 1 aromatic rings. The van der Waals surface area contributed by atoms with Crippen molar-refractivity contribution in [3.63, 3.8) is 0 Å². The van der Waals surface area contributed by atoms with Gasteiger partial charge in [0, 0.05) is 37.5 Å². The molecule has 8 heteroatoms. The van der Waals surface area contributed by atoms with Crippen LogP contribution in [0.1, 0.15) is 53.8 Å². The summed E-state index contributed by atoms with van der Waals surface area (Å²) in [6.45, 7) is 5.45. The number of hydrogen-bond donors (Lipinski definition) is 1. The number of non-ortho nitro benzene ring substituents is 1. The van der Waals surface area contributed by atoms with Crippen LogP contribution in [0.4, 0.5) is 5.69 Å². The lowest BCUT2D eigenvalue weighted by Crippen LogP contribution is -2.25. The number of hydrogen-bond acceptors (Lipinski definition) is 6. The summed E-state index contributed by atoms with van der Waals surface area (Å²) in [7, 11) is 0. The molecule has 0 bridgehead atoms. The fourth-order valence-electron chi connectivity index (χ4n) is 2.01. The van der Waals surface area contributed by atoms with Gasteiger partial charge in [-0.3, -0.25) is 14.9 Å². The molecule has 0 saturated heterocycles.